The molecule has 0 aliphatic carbocycles. The number of carbonyl (C=O) groups excluding carboxylic acids is 2. The molecule has 0 aliphatic heterocycles. The molecule has 0 fully saturated rings. The summed E-state index contributed by atoms with van der Waals surface area (Å²) < 4.78 is 45.8. The zero-order chi connectivity index (χ0) is 26.7. The fourth-order valence-electron chi connectivity index (χ4n) is 3.49. The molecule has 0 aliphatic rings. The van der Waals surface area contributed by atoms with Gasteiger partial charge in [0, 0.05) is 0 Å². The maximum atomic E-state index is 12.7. The minimum absolute atomic E-state index is 0. The van der Waals surface area contributed by atoms with Crippen LogP contribution in [-0.4, -0.2) is 38.1 Å². The molecule has 37 heavy (non-hydrogen) atoms. The van der Waals surface area contributed by atoms with Crippen LogP contribution < -0.4 is 51.4 Å². The average molecular weight is 561 g/mol. The Morgan fingerprint density at radius 3 is 1.73 bits per heavy atom. The number of benzene rings is 1. The van der Waals surface area contributed by atoms with Crippen LogP contribution in [0, 0.1) is 0 Å². The van der Waals surface area contributed by atoms with Crippen molar-refractivity contribution in [3.63, 3.8) is 0 Å². The maximum absolute atomic E-state index is 12.7. The number of hydrogen-bond acceptors (Lipinski definition) is 7. The minimum atomic E-state index is -5.00. The van der Waals surface area contributed by atoms with Gasteiger partial charge in [0.1, 0.15) is 10.1 Å². The summed E-state index contributed by atoms with van der Waals surface area (Å²) in [5.74, 6) is -1.87. The van der Waals surface area contributed by atoms with Gasteiger partial charge in [-0.25, -0.2) is 18.0 Å². The fourth-order valence-corrected chi connectivity index (χ4v) is 4.18. The second kappa shape index (κ2) is 22.0. The van der Waals surface area contributed by atoms with Gasteiger partial charge in [-0.2, -0.15) is 0 Å². The third-order valence-corrected chi connectivity index (χ3v) is 6.34. The smallest absolute Gasteiger partial charge is 0.744 e. The molecule has 0 N–H and O–H groups in total. The van der Waals surface area contributed by atoms with Gasteiger partial charge in [0.2, 0.25) is 0 Å². The summed E-state index contributed by atoms with van der Waals surface area (Å²) in [6.45, 7) is 4.44. The third kappa shape index (κ3) is 16.0. The molecule has 0 unspecified atom stereocenters. The average Bonchev–Trinajstić information content (AvgIpc) is 2.85. The van der Waals surface area contributed by atoms with Crippen LogP contribution in [0.5, 0.6) is 0 Å². The number of esters is 2. The Kier molecular flexibility index (Phi) is 21.6. The summed E-state index contributed by atoms with van der Waals surface area (Å²) in [6, 6.07) is 3.52. The zero-order valence-corrected chi connectivity index (χ0v) is 26.6. The molecule has 0 bridgehead atoms. The van der Waals surface area contributed by atoms with E-state index in [1.165, 1.54) is 12.1 Å². The maximum Gasteiger partial charge on any atom is 1.00 e. The minimum Gasteiger partial charge on any atom is -0.744 e. The van der Waals surface area contributed by atoms with Crippen molar-refractivity contribution in [3.8, 4) is 0 Å². The van der Waals surface area contributed by atoms with Crippen LogP contribution in [0.15, 0.2) is 47.4 Å². The summed E-state index contributed by atoms with van der Waals surface area (Å²) in [4.78, 5) is 24.6. The quantitative estimate of drug-likeness (QED) is 0.0833. The normalized spacial score (nSPS) is 11.5. The molecule has 0 radical (unpaired) electrons. The van der Waals surface area contributed by atoms with E-state index in [-0.39, 0.29) is 70.2 Å². The molecule has 7 nitrogen and oxygen atoms in total. The van der Waals surface area contributed by atoms with Gasteiger partial charge in [-0.3, -0.25) is 0 Å². The van der Waals surface area contributed by atoms with Crippen LogP contribution in [0.2, 0.25) is 0 Å². The molecule has 1 rings (SSSR count). The first-order valence-corrected chi connectivity index (χ1v) is 14.5. The zero-order valence-electron chi connectivity index (χ0n) is 22.7. The molecule has 0 saturated carbocycles. The van der Waals surface area contributed by atoms with Crippen LogP contribution in [0.4, 0.5) is 0 Å². The third-order valence-electron chi connectivity index (χ3n) is 5.46. The molecule has 0 amide bonds. The Morgan fingerprint density at radius 2 is 1.24 bits per heavy atom. The second-order valence-corrected chi connectivity index (χ2v) is 9.97. The topological polar surface area (TPSA) is 110 Å². The van der Waals surface area contributed by atoms with Gasteiger partial charge in [0.05, 0.1) is 29.2 Å². The monoisotopic (exact) mass is 560 g/mol. The van der Waals surface area contributed by atoms with Crippen LogP contribution in [-0.2, 0) is 19.6 Å². The van der Waals surface area contributed by atoms with Crippen molar-refractivity contribution in [2.24, 2.45) is 0 Å². The molecular weight excluding hydrogens is 519 g/mol. The first-order chi connectivity index (χ1) is 17.3. The fraction of sp³-hybridized carbons (Fsp3) is 0.571. The number of rotatable bonds is 19. The van der Waals surface area contributed by atoms with Crippen molar-refractivity contribution in [2.75, 3.05) is 13.2 Å². The number of hydrogen-bond donors (Lipinski definition) is 0. The Hall–Kier alpha value is -0.814. The van der Waals surface area contributed by atoms with Gasteiger partial charge >= 0.3 is 63.3 Å². The summed E-state index contributed by atoms with van der Waals surface area (Å²) in [5, 5.41) is 0. The Labute approximate surface area is 265 Å². The van der Waals surface area contributed by atoms with E-state index in [0.29, 0.717) is 12.8 Å². The van der Waals surface area contributed by atoms with E-state index in [2.05, 4.69) is 38.2 Å². The van der Waals surface area contributed by atoms with Gasteiger partial charge in [-0.1, -0.05) is 57.1 Å². The van der Waals surface area contributed by atoms with Gasteiger partial charge in [-0.15, -0.1) is 0 Å². The largest absolute Gasteiger partial charge is 1.00 e. The molecule has 0 atom stereocenters. The summed E-state index contributed by atoms with van der Waals surface area (Å²) in [7, 11) is -5.00. The number of unbranched alkanes of at least 4 members (excludes halogenated alkanes) is 8. The van der Waals surface area contributed by atoms with E-state index < -0.39 is 32.5 Å². The van der Waals surface area contributed by atoms with Crippen molar-refractivity contribution in [1.82, 2.24) is 0 Å². The Bertz CT molecular complexity index is 955. The van der Waals surface area contributed by atoms with Crippen LogP contribution in [0.1, 0.15) is 112 Å². The van der Waals surface area contributed by atoms with Crippen molar-refractivity contribution < 1.29 is 83.4 Å². The van der Waals surface area contributed by atoms with Crippen LogP contribution in [0.25, 0.3) is 0 Å². The molecule has 9 heteroatoms. The van der Waals surface area contributed by atoms with Crippen molar-refractivity contribution in [1.29, 1.82) is 0 Å². The van der Waals surface area contributed by atoms with Gasteiger partial charge in [-0.05, 0) is 76.3 Å². The summed E-state index contributed by atoms with van der Waals surface area (Å²) in [6.07, 6.45) is 19.7. The number of carbonyl (C=O) groups is 2. The molecule has 1 aromatic rings. The Morgan fingerprint density at radius 1 is 0.757 bits per heavy atom. The first-order valence-electron chi connectivity index (χ1n) is 13.1. The predicted octanol–water partition coefficient (Wildman–Crippen LogP) is 3.74. The van der Waals surface area contributed by atoms with Gasteiger partial charge < -0.3 is 14.0 Å². The van der Waals surface area contributed by atoms with Crippen LogP contribution in [0.3, 0.4) is 0 Å². The molecule has 0 saturated heterocycles. The van der Waals surface area contributed by atoms with E-state index >= 15 is 0 Å². The van der Waals surface area contributed by atoms with E-state index in [1.807, 2.05) is 0 Å². The standard InChI is InChI=1S/C28H42O7S.K/c1-3-5-7-9-11-13-15-17-22-34-27(29)24-20-19-21-25(36(31,32)33)26(24)28(30)35-23-18-16-14-12-10-8-6-4-2;/h7-10,19-21H,3-6,11-18,22-23H2,1-2H3,(H,31,32,33);/q;+1/p-1/b9-7+,10-8+;. The summed E-state index contributed by atoms with van der Waals surface area (Å²) in [5.41, 5.74) is -0.832. The van der Waals surface area contributed by atoms with Crippen molar-refractivity contribution >= 4 is 22.1 Å². The van der Waals surface area contributed by atoms with E-state index in [4.69, 9.17) is 9.47 Å². The molecule has 0 aromatic heterocycles. The van der Waals surface area contributed by atoms with E-state index in [1.54, 1.807) is 0 Å². The van der Waals surface area contributed by atoms with E-state index in [0.717, 1.165) is 70.3 Å². The molecule has 0 heterocycles. The van der Waals surface area contributed by atoms with Gasteiger partial charge in [0.25, 0.3) is 0 Å². The number of ether oxygens (including phenoxy) is 2. The summed E-state index contributed by atoms with van der Waals surface area (Å²) >= 11 is 0. The second-order valence-electron chi connectivity index (χ2n) is 8.62. The SMILES string of the molecule is CCC/C=C/CCCCCOC(=O)c1cccc(S(=O)(=O)[O-])c1C(=O)OCCCCC/C=C/CCC.[K+]. The molecular formula is C28H41KO7S. The number of allylic oxidation sites excluding steroid dienone is 4. The predicted molar refractivity (Wildman–Crippen MR) is 140 cm³/mol. The van der Waals surface area contributed by atoms with Crippen molar-refractivity contribution in [2.45, 2.75) is 95.8 Å². The Balaban J connectivity index is 0.0000130. The molecule has 202 valence electrons. The van der Waals surface area contributed by atoms with Gasteiger partial charge in [0.15, 0.2) is 0 Å². The molecule has 1 aromatic carbocycles. The first kappa shape index (κ1) is 36.2. The van der Waals surface area contributed by atoms with Crippen molar-refractivity contribution in [3.05, 3.63) is 53.6 Å². The molecule has 0 spiro atoms. The van der Waals surface area contributed by atoms with Crippen LogP contribution >= 0.6 is 0 Å². The van der Waals surface area contributed by atoms with E-state index in [9.17, 15) is 22.6 Å².